The number of benzene rings is 3. The van der Waals surface area contributed by atoms with Gasteiger partial charge in [0.1, 0.15) is 17.9 Å². The van der Waals surface area contributed by atoms with Crippen LogP contribution in [0.3, 0.4) is 0 Å². The first-order chi connectivity index (χ1) is 22.6. The second kappa shape index (κ2) is 17.8. The largest absolute Gasteiger partial charge is 0.374 e. The molecule has 4 aromatic rings. The molecule has 1 aliphatic rings. The van der Waals surface area contributed by atoms with Crippen LogP contribution < -0.4 is 21.3 Å². The minimum Gasteiger partial charge on any atom is -0.374 e. The Morgan fingerprint density at radius 3 is 2.14 bits per heavy atom. The van der Waals surface area contributed by atoms with E-state index >= 15 is 0 Å². The van der Waals surface area contributed by atoms with E-state index in [1.807, 2.05) is 60.7 Å². The van der Waals surface area contributed by atoms with Crippen LogP contribution in [0.25, 0.3) is 0 Å². The number of hydrogen-bond donors (Lipinski definition) is 3. The number of amides is 3. The number of imidazole rings is 1. The van der Waals surface area contributed by atoms with E-state index in [2.05, 4.69) is 20.5 Å². The number of piperazine rings is 1. The number of anilines is 2. The third kappa shape index (κ3) is 10.5. The highest BCUT2D eigenvalue weighted by Crippen LogP contribution is 2.25. The summed E-state index contributed by atoms with van der Waals surface area (Å²) in [7, 11) is 0. The van der Waals surface area contributed by atoms with Crippen molar-refractivity contribution in [2.45, 2.75) is 38.1 Å². The van der Waals surface area contributed by atoms with Crippen molar-refractivity contribution in [2.75, 3.05) is 43.0 Å². The highest BCUT2D eigenvalue weighted by atomic mass is 35.5. The van der Waals surface area contributed by atoms with Crippen molar-refractivity contribution in [3.05, 3.63) is 114 Å². The third-order valence-corrected chi connectivity index (χ3v) is 7.89. The number of carbonyl (C=O) groups excluding carboxylic acids is 3. The molecule has 1 aromatic heterocycles. The normalized spacial score (nSPS) is 14.1. The minimum absolute atomic E-state index is 0. The van der Waals surface area contributed by atoms with Gasteiger partial charge >= 0.3 is 0 Å². The van der Waals surface area contributed by atoms with Gasteiger partial charge in [-0.15, -0.1) is 24.8 Å². The predicted molar refractivity (Wildman–Crippen MR) is 191 cm³/mol. The van der Waals surface area contributed by atoms with Crippen molar-refractivity contribution in [1.82, 2.24) is 19.8 Å². The molecule has 2 heterocycles. The van der Waals surface area contributed by atoms with Gasteiger partial charge in [-0.3, -0.25) is 14.4 Å². The Morgan fingerprint density at radius 1 is 0.918 bits per heavy atom. The van der Waals surface area contributed by atoms with Crippen molar-refractivity contribution in [3.63, 3.8) is 0 Å². The lowest BCUT2D eigenvalue weighted by Gasteiger charge is -2.37. The maximum atomic E-state index is 14.0. The van der Waals surface area contributed by atoms with E-state index < -0.39 is 29.4 Å². The van der Waals surface area contributed by atoms with Crippen LogP contribution in [0.5, 0.6) is 0 Å². The monoisotopic (exact) mass is 713 g/mol. The fourth-order valence-corrected chi connectivity index (χ4v) is 5.24. The summed E-state index contributed by atoms with van der Waals surface area (Å²) >= 11 is 0. The Bertz CT molecular complexity index is 1650. The number of hydrogen-bond acceptors (Lipinski definition) is 7. The van der Waals surface area contributed by atoms with Gasteiger partial charge in [0, 0.05) is 38.1 Å². The summed E-state index contributed by atoms with van der Waals surface area (Å²) in [5.74, 6) is -1.25. The van der Waals surface area contributed by atoms with E-state index in [0.29, 0.717) is 26.2 Å². The van der Waals surface area contributed by atoms with Gasteiger partial charge in [0.25, 0.3) is 5.91 Å². The maximum Gasteiger partial charge on any atom is 0.250 e. The molecule has 0 radical (unpaired) electrons. The van der Waals surface area contributed by atoms with Gasteiger partial charge in [0.05, 0.1) is 25.1 Å². The molecule has 0 spiro atoms. The smallest absolute Gasteiger partial charge is 0.250 e. The Morgan fingerprint density at radius 2 is 1.53 bits per heavy atom. The summed E-state index contributed by atoms with van der Waals surface area (Å²) in [6.07, 6.45) is 3.10. The molecule has 5 rings (SSSR count). The molecule has 2 atom stereocenters. The molecule has 3 aromatic carbocycles. The van der Waals surface area contributed by atoms with E-state index in [9.17, 15) is 18.8 Å². The van der Waals surface area contributed by atoms with E-state index in [1.165, 1.54) is 18.5 Å². The van der Waals surface area contributed by atoms with Crippen molar-refractivity contribution >= 4 is 54.0 Å². The minimum atomic E-state index is -1.21. The lowest BCUT2D eigenvalue weighted by molar-refractivity contribution is -0.133. The van der Waals surface area contributed by atoms with Crippen LogP contribution in [-0.4, -0.2) is 76.5 Å². The van der Waals surface area contributed by atoms with Gasteiger partial charge in [-0.05, 0) is 49.2 Å². The zero-order chi connectivity index (χ0) is 33.4. The lowest BCUT2D eigenvalue weighted by atomic mass is 10.0. The Labute approximate surface area is 297 Å². The highest BCUT2D eigenvalue weighted by molar-refractivity contribution is 5.98. The van der Waals surface area contributed by atoms with E-state index in [4.69, 9.17) is 10.5 Å². The summed E-state index contributed by atoms with van der Waals surface area (Å²) < 4.78 is 20.9. The van der Waals surface area contributed by atoms with Crippen molar-refractivity contribution in [2.24, 2.45) is 5.73 Å². The average molecular weight is 715 g/mol. The quantitative estimate of drug-likeness (QED) is 0.201. The van der Waals surface area contributed by atoms with Crippen LogP contribution in [0.2, 0.25) is 0 Å². The van der Waals surface area contributed by atoms with Crippen molar-refractivity contribution in [3.8, 4) is 0 Å². The summed E-state index contributed by atoms with van der Waals surface area (Å²) in [5, 5.41) is 5.44. The number of nitrogens with zero attached hydrogens (tertiary/aromatic N) is 4. The Hall–Kier alpha value is -4.49. The number of nitrogens with two attached hydrogens (primary N) is 1. The average Bonchev–Trinajstić information content (AvgIpc) is 3.52. The molecule has 49 heavy (non-hydrogen) atoms. The van der Waals surface area contributed by atoms with Crippen LogP contribution in [0.1, 0.15) is 31.0 Å². The SMILES string of the molecule is CC(C)(N)C(=O)N[C@H](COCc1ccccc1)C(=O)Nc1cn(C(C(=O)N2CCN(c3ccc(F)cc3)CC2)c2ccccc2)cn1.Cl.Cl. The van der Waals surface area contributed by atoms with Gasteiger partial charge in [-0.25, -0.2) is 9.37 Å². The van der Waals surface area contributed by atoms with Gasteiger partial charge in [-0.2, -0.15) is 0 Å². The van der Waals surface area contributed by atoms with Gasteiger partial charge in [0.15, 0.2) is 5.82 Å². The second-order valence-corrected chi connectivity index (χ2v) is 12.0. The molecule has 1 saturated heterocycles. The fraction of sp³-hybridized carbons (Fsp3) is 0.314. The molecule has 11 nitrogen and oxygen atoms in total. The van der Waals surface area contributed by atoms with Crippen LogP contribution >= 0.6 is 24.8 Å². The van der Waals surface area contributed by atoms with Gasteiger partial charge in [-0.1, -0.05) is 60.7 Å². The molecule has 0 aliphatic carbocycles. The molecule has 14 heteroatoms. The molecule has 3 amide bonds. The molecule has 0 bridgehead atoms. The van der Waals surface area contributed by atoms with Crippen LogP contribution in [0.15, 0.2) is 97.5 Å². The number of halogens is 3. The lowest BCUT2D eigenvalue weighted by Crippen LogP contribution is -2.56. The third-order valence-electron chi connectivity index (χ3n) is 7.89. The van der Waals surface area contributed by atoms with Crippen LogP contribution in [0.4, 0.5) is 15.9 Å². The fourth-order valence-electron chi connectivity index (χ4n) is 5.24. The maximum absolute atomic E-state index is 14.0. The van der Waals surface area contributed by atoms with E-state index in [-0.39, 0.29) is 55.6 Å². The zero-order valence-corrected chi connectivity index (χ0v) is 29.0. The second-order valence-electron chi connectivity index (χ2n) is 12.0. The highest BCUT2D eigenvalue weighted by Gasteiger charge is 2.32. The van der Waals surface area contributed by atoms with Crippen molar-refractivity contribution < 1.29 is 23.5 Å². The number of rotatable bonds is 12. The predicted octanol–water partition coefficient (Wildman–Crippen LogP) is 4.18. The first kappa shape index (κ1) is 39.0. The summed E-state index contributed by atoms with van der Waals surface area (Å²) in [6.45, 7) is 5.42. The number of aromatic nitrogens is 2. The standard InChI is InChI=1S/C35H40FN7O4.2ClH/c1-35(2,37)34(46)39-29(23-47-22-25-9-5-3-6-10-25)32(44)40-30-21-43(24-38-30)31(26-11-7-4-8-12-26)33(45)42-19-17-41(18-20-42)28-15-13-27(36)14-16-28;;/h3-16,21,24,29,31H,17-20,22-23,37H2,1-2H3,(H,39,46)(H,40,44);2*1H/t29-,31?;;/m1../s1. The molecule has 4 N–H and O–H groups in total. The van der Waals surface area contributed by atoms with Crippen LogP contribution in [0, 0.1) is 5.82 Å². The number of carbonyl (C=O) groups is 3. The summed E-state index contributed by atoms with van der Waals surface area (Å²) in [6, 6.07) is 23.4. The molecular formula is C35H42Cl2FN7O4. The number of ether oxygens (including phenoxy) is 1. The van der Waals surface area contributed by atoms with Crippen molar-refractivity contribution in [1.29, 1.82) is 0 Å². The van der Waals surface area contributed by atoms with Gasteiger partial charge in [0.2, 0.25) is 11.8 Å². The molecule has 262 valence electrons. The van der Waals surface area contributed by atoms with E-state index in [1.54, 1.807) is 41.6 Å². The van der Waals surface area contributed by atoms with E-state index in [0.717, 1.165) is 16.8 Å². The zero-order valence-electron chi connectivity index (χ0n) is 27.3. The molecule has 1 aliphatic heterocycles. The Balaban J connectivity index is 0.00000325. The number of nitrogens with one attached hydrogen (secondary N) is 2. The molecule has 1 unspecified atom stereocenters. The molecule has 1 fully saturated rings. The first-order valence-electron chi connectivity index (χ1n) is 15.5. The van der Waals surface area contributed by atoms with Crippen LogP contribution in [-0.2, 0) is 25.7 Å². The molecule has 0 saturated carbocycles. The summed E-state index contributed by atoms with van der Waals surface area (Å²) in [4.78, 5) is 48.4. The Kier molecular flexibility index (Phi) is 14.1. The topological polar surface area (TPSA) is 135 Å². The van der Waals surface area contributed by atoms with Gasteiger partial charge < -0.3 is 35.5 Å². The summed E-state index contributed by atoms with van der Waals surface area (Å²) in [5.41, 5.74) is 7.35. The molecular weight excluding hydrogens is 672 g/mol. The first-order valence-corrected chi connectivity index (χ1v) is 15.5.